The third kappa shape index (κ3) is 12.9. The second kappa shape index (κ2) is 31.1. The second-order valence-corrected chi connectivity index (χ2v) is 34.1. The summed E-state index contributed by atoms with van der Waals surface area (Å²) in [5.74, 6) is 2.71. The maximum atomic E-state index is 6.14. The van der Waals surface area contributed by atoms with Gasteiger partial charge in [-0.1, -0.05) is 303 Å². The molecule has 0 bridgehead atoms. The summed E-state index contributed by atoms with van der Waals surface area (Å²) in [6.45, 7) is 0. The SMILES string of the molecule is c1ccc(-c2cc(-c3ccccc3)nc(-n3c4ccc(-c5ccc6oc7ccccc7c6c5)cc4c4c5ccccc5ccc43)c2)cc1.c1ccc(-c2cccc(-n3c4ccc(-c5ccc6oc7ccccc7c6c5)cc4c4cc5ccccc5cc43)n2)cc1.c1ccc(-c2ccnc(-n3c4ccc(-c5ccc6oc7ccccc7c6c5)cc4c4c5ccccc5ccc43)c2)cc1. The maximum Gasteiger partial charge on any atom is 0.138 e. The molecule has 0 amide bonds. The van der Waals surface area contributed by atoms with Gasteiger partial charge in [-0.2, -0.15) is 0 Å². The molecule has 28 rings (SSSR count). The largest absolute Gasteiger partial charge is 0.456 e. The summed E-state index contributed by atoms with van der Waals surface area (Å²) in [6.07, 6.45) is 1.91. The zero-order valence-electron chi connectivity index (χ0n) is 71.3. The molecular formula is C123H76N6O3. The van der Waals surface area contributed by atoms with Crippen molar-refractivity contribution in [2.24, 2.45) is 0 Å². The van der Waals surface area contributed by atoms with Crippen molar-refractivity contribution in [3.05, 3.63) is 461 Å². The number of nitrogens with zero attached hydrogens (tertiary/aromatic N) is 6. The molecule has 9 nitrogen and oxygen atoms in total. The highest BCUT2D eigenvalue weighted by Crippen LogP contribution is 2.46. The van der Waals surface area contributed by atoms with Crippen LogP contribution in [0.1, 0.15) is 0 Å². The Bertz CT molecular complexity index is 9340. The first kappa shape index (κ1) is 75.5. The molecule has 0 N–H and O–H groups in total. The summed E-state index contributed by atoms with van der Waals surface area (Å²) in [6, 6.07) is 161. The van der Waals surface area contributed by atoms with Gasteiger partial charge in [0.05, 0.1) is 44.5 Å². The van der Waals surface area contributed by atoms with Crippen LogP contribution >= 0.6 is 0 Å². The summed E-state index contributed by atoms with van der Waals surface area (Å²) in [7, 11) is 0. The van der Waals surface area contributed by atoms with E-state index in [2.05, 4.69) is 414 Å². The molecule has 0 atom stereocenters. The first-order chi connectivity index (χ1) is 65.4. The van der Waals surface area contributed by atoms with Crippen molar-refractivity contribution in [2.45, 2.75) is 0 Å². The van der Waals surface area contributed by atoms with Crippen LogP contribution in [0.15, 0.2) is 474 Å². The van der Waals surface area contributed by atoms with E-state index in [1.54, 1.807) is 0 Å². The number of furan rings is 3. The molecule has 0 saturated carbocycles. The van der Waals surface area contributed by atoms with Gasteiger partial charge in [0.1, 0.15) is 51.0 Å². The van der Waals surface area contributed by atoms with Gasteiger partial charge in [0.15, 0.2) is 0 Å². The number of aromatic nitrogens is 6. The Kier molecular flexibility index (Phi) is 17.8. The van der Waals surface area contributed by atoms with E-state index in [9.17, 15) is 0 Å². The summed E-state index contributed by atoms with van der Waals surface area (Å²) in [5.41, 5.74) is 28.0. The number of rotatable bonds is 10. The van der Waals surface area contributed by atoms with E-state index in [0.717, 1.165) is 167 Å². The van der Waals surface area contributed by atoms with Gasteiger partial charge in [0.2, 0.25) is 0 Å². The molecule has 0 aliphatic rings. The number of pyridine rings is 3. The lowest BCUT2D eigenvalue weighted by Crippen LogP contribution is -2.00. The van der Waals surface area contributed by atoms with Crippen LogP contribution in [0.2, 0.25) is 0 Å². The van der Waals surface area contributed by atoms with Crippen molar-refractivity contribution in [1.29, 1.82) is 0 Å². The van der Waals surface area contributed by atoms with Crippen molar-refractivity contribution in [2.75, 3.05) is 0 Å². The van der Waals surface area contributed by atoms with Gasteiger partial charge in [-0.15, -0.1) is 0 Å². The minimum absolute atomic E-state index is 0.893. The third-order valence-corrected chi connectivity index (χ3v) is 26.4. The van der Waals surface area contributed by atoms with Gasteiger partial charge in [0, 0.05) is 82.0 Å². The molecular weight excluding hydrogens is 1610 g/mol. The van der Waals surface area contributed by atoms with Crippen molar-refractivity contribution >= 4 is 164 Å². The van der Waals surface area contributed by atoms with Gasteiger partial charge >= 0.3 is 0 Å². The molecule has 0 unspecified atom stereocenters. The van der Waals surface area contributed by atoms with Crippen LogP contribution in [0, 0.1) is 0 Å². The predicted octanol–water partition coefficient (Wildman–Crippen LogP) is 33.4. The minimum Gasteiger partial charge on any atom is -0.456 e. The first-order valence-corrected chi connectivity index (χ1v) is 44.7. The molecule has 0 radical (unpaired) electrons. The first-order valence-electron chi connectivity index (χ1n) is 44.7. The zero-order chi connectivity index (χ0) is 86.9. The van der Waals surface area contributed by atoms with E-state index in [-0.39, 0.29) is 0 Å². The van der Waals surface area contributed by atoms with Crippen LogP contribution in [-0.4, -0.2) is 28.7 Å². The Morgan fingerprint density at radius 3 is 1.00 bits per heavy atom. The predicted molar refractivity (Wildman–Crippen MR) is 548 cm³/mol. The molecule has 9 aromatic heterocycles. The summed E-state index contributed by atoms with van der Waals surface area (Å²) >= 11 is 0. The Morgan fingerprint density at radius 1 is 0.159 bits per heavy atom. The van der Waals surface area contributed by atoms with Crippen molar-refractivity contribution in [1.82, 2.24) is 28.7 Å². The minimum atomic E-state index is 0.893. The highest BCUT2D eigenvalue weighted by Gasteiger charge is 2.24. The van der Waals surface area contributed by atoms with E-state index in [1.807, 2.05) is 60.8 Å². The van der Waals surface area contributed by atoms with Crippen LogP contribution in [0.25, 0.3) is 259 Å². The molecule has 0 aliphatic carbocycles. The molecule has 28 aromatic rings. The van der Waals surface area contributed by atoms with Crippen molar-refractivity contribution in [3.63, 3.8) is 0 Å². The fourth-order valence-corrected chi connectivity index (χ4v) is 20.1. The Labute approximate surface area is 757 Å². The quantitative estimate of drug-likeness (QED) is 0.135. The summed E-state index contributed by atoms with van der Waals surface area (Å²) < 4.78 is 25.3. The lowest BCUT2D eigenvalue weighted by Gasteiger charge is -2.13. The van der Waals surface area contributed by atoms with Crippen molar-refractivity contribution in [3.8, 4) is 95.6 Å². The zero-order valence-corrected chi connectivity index (χ0v) is 71.3. The molecule has 19 aromatic carbocycles. The summed E-state index contributed by atoms with van der Waals surface area (Å²) in [4.78, 5) is 15.4. The third-order valence-electron chi connectivity index (χ3n) is 26.4. The van der Waals surface area contributed by atoms with E-state index >= 15 is 0 Å². The van der Waals surface area contributed by atoms with Crippen LogP contribution in [0.3, 0.4) is 0 Å². The van der Waals surface area contributed by atoms with E-state index in [4.69, 9.17) is 28.2 Å². The maximum absolute atomic E-state index is 6.14. The average molecular weight is 1690 g/mol. The van der Waals surface area contributed by atoms with Crippen LogP contribution in [-0.2, 0) is 0 Å². The van der Waals surface area contributed by atoms with Gasteiger partial charge < -0.3 is 13.3 Å². The molecule has 616 valence electrons. The number of para-hydroxylation sites is 3. The number of fused-ring (bicyclic) bond motifs is 23. The lowest BCUT2D eigenvalue weighted by atomic mass is 9.99. The topological polar surface area (TPSA) is 92.9 Å². The van der Waals surface area contributed by atoms with Crippen LogP contribution in [0.4, 0.5) is 0 Å². The molecule has 0 fully saturated rings. The molecule has 0 aliphatic heterocycles. The smallest absolute Gasteiger partial charge is 0.138 e. The Morgan fingerprint density at radius 2 is 0.500 bits per heavy atom. The fourth-order valence-electron chi connectivity index (χ4n) is 20.1. The van der Waals surface area contributed by atoms with Crippen LogP contribution < -0.4 is 0 Å². The highest BCUT2D eigenvalue weighted by molar-refractivity contribution is 6.24. The van der Waals surface area contributed by atoms with Gasteiger partial charge in [-0.3, -0.25) is 13.7 Å². The van der Waals surface area contributed by atoms with Gasteiger partial charge in [0.25, 0.3) is 0 Å². The van der Waals surface area contributed by atoms with Crippen LogP contribution in [0.5, 0.6) is 0 Å². The Balaban J connectivity index is 0.000000104. The monoisotopic (exact) mass is 1680 g/mol. The van der Waals surface area contributed by atoms with Crippen molar-refractivity contribution < 1.29 is 13.3 Å². The second-order valence-electron chi connectivity index (χ2n) is 34.1. The summed E-state index contributed by atoms with van der Waals surface area (Å²) in [5, 5.41) is 21.5. The highest BCUT2D eigenvalue weighted by atomic mass is 16.3. The molecule has 9 heterocycles. The molecule has 0 saturated heterocycles. The van der Waals surface area contributed by atoms with E-state index < -0.39 is 0 Å². The standard InChI is InChI=1S/C45H28N2O.2C39H24N2O/c1-3-11-29(12-4-1)34-27-39(31-14-5-2-6-15-31)46-44(28-34)47-40-22-20-32(26-38(40)45-35-16-8-7-13-30(35)19-23-41(45)47)33-21-24-43-37(25-33)36-17-9-10-18-42(36)48-43;1-2-9-25(10-3-1)34-14-8-16-39(40-34)41-35-19-17-28(22-31(35)32-21-26-11-4-5-12-27(26)24-36(32)41)29-18-20-38-33(23-29)30-13-6-7-15-37(30)42-38;1-2-8-25(9-3-1)29-20-21-40-38(24-29)41-34-17-15-27(23-33(34)39-30-11-5-4-10-26(30)14-18-35(39)41)28-16-19-37-32(22-28)31-12-6-7-13-36(31)42-37/h1-28H;2*1-24H. The average Bonchev–Trinajstić information content (AvgIpc) is 1.59. The number of hydrogen-bond donors (Lipinski definition) is 0. The normalized spacial score (nSPS) is 11.8. The van der Waals surface area contributed by atoms with E-state index in [0.29, 0.717) is 0 Å². The van der Waals surface area contributed by atoms with Gasteiger partial charge in [-0.25, -0.2) is 15.0 Å². The molecule has 9 heteroatoms. The number of benzene rings is 19. The fraction of sp³-hybridized carbons (Fsp3) is 0. The molecule has 132 heavy (non-hydrogen) atoms. The molecule has 0 spiro atoms. The Hall–Kier alpha value is -17.8. The van der Waals surface area contributed by atoms with E-state index in [1.165, 1.54) is 92.5 Å². The van der Waals surface area contributed by atoms with Gasteiger partial charge in [-0.05, 0) is 240 Å². The lowest BCUT2D eigenvalue weighted by molar-refractivity contribution is 0.668. The number of hydrogen-bond acceptors (Lipinski definition) is 6.